The summed E-state index contributed by atoms with van der Waals surface area (Å²) in [5, 5.41) is 6.88. The summed E-state index contributed by atoms with van der Waals surface area (Å²) in [5.74, 6) is 0.0158. The van der Waals surface area contributed by atoms with Gasteiger partial charge in [-0.25, -0.2) is 14.8 Å². The van der Waals surface area contributed by atoms with E-state index in [1.54, 1.807) is 5.01 Å². The number of amides is 1. The summed E-state index contributed by atoms with van der Waals surface area (Å²) in [6.45, 7) is 10.6. The normalized spacial score (nSPS) is 13.9. The van der Waals surface area contributed by atoms with Gasteiger partial charge in [-0.15, -0.1) is 0 Å². The van der Waals surface area contributed by atoms with Crippen LogP contribution in [-0.4, -0.2) is 67.2 Å². The number of rotatable bonds is 13. The monoisotopic (exact) mass is 555 g/mol. The number of ether oxygens (including phenoxy) is 1. The molecule has 1 radical (unpaired) electrons. The minimum Gasteiger partial charge on any atom is -0.447 e. The van der Waals surface area contributed by atoms with Crippen LogP contribution in [0, 0.1) is 6.42 Å². The minimum absolute atomic E-state index is 0.0158. The van der Waals surface area contributed by atoms with Crippen molar-refractivity contribution in [2.45, 2.75) is 46.2 Å². The Morgan fingerprint density at radius 2 is 1.61 bits per heavy atom. The highest BCUT2D eigenvalue weighted by Crippen LogP contribution is 2.33. The Kier molecular flexibility index (Phi) is 11.5. The molecule has 0 bridgehead atoms. The van der Waals surface area contributed by atoms with Crippen molar-refractivity contribution < 1.29 is 14.3 Å². The average Bonchev–Trinajstić information content (AvgIpc) is 3.01. The second kappa shape index (κ2) is 15.5. The third kappa shape index (κ3) is 8.49. The number of anilines is 1. The van der Waals surface area contributed by atoms with E-state index in [1.165, 1.54) is 5.56 Å². The van der Waals surface area contributed by atoms with Crippen molar-refractivity contribution >= 4 is 17.6 Å². The van der Waals surface area contributed by atoms with Gasteiger partial charge in [0.2, 0.25) is 0 Å². The minimum atomic E-state index is -0.415. The predicted molar refractivity (Wildman–Crippen MR) is 166 cm³/mol. The lowest BCUT2D eigenvalue weighted by Crippen LogP contribution is -2.50. The molecule has 0 spiro atoms. The molecular weight excluding hydrogens is 512 g/mol. The Bertz CT molecular complexity index is 1240. The SMILES string of the molecule is CCN(Cc1ccc(C(=O)CNCCOC(=O)N(c2ccccc2-c2ccccc2)N2CC[CH]CC2)cc1)C(C)C. The van der Waals surface area contributed by atoms with Crippen molar-refractivity contribution in [1.82, 2.24) is 15.2 Å². The maximum absolute atomic E-state index is 13.5. The molecule has 1 aliphatic heterocycles. The summed E-state index contributed by atoms with van der Waals surface area (Å²) in [6.07, 6.45) is 3.66. The van der Waals surface area contributed by atoms with E-state index in [-0.39, 0.29) is 18.9 Å². The van der Waals surface area contributed by atoms with Crippen molar-refractivity contribution in [2.24, 2.45) is 0 Å². The summed E-state index contributed by atoms with van der Waals surface area (Å²) in [5.41, 5.74) is 4.69. The van der Waals surface area contributed by atoms with Crippen LogP contribution in [0.4, 0.5) is 10.5 Å². The van der Waals surface area contributed by atoms with Crippen molar-refractivity contribution in [3.05, 3.63) is 96.4 Å². The van der Waals surface area contributed by atoms with Crippen molar-refractivity contribution in [3.8, 4) is 11.1 Å². The largest absolute Gasteiger partial charge is 0.447 e. The number of piperidine rings is 1. The number of carbonyl (C=O) groups is 2. The summed E-state index contributed by atoms with van der Waals surface area (Å²) in [6, 6.07) is 26.3. The van der Waals surface area contributed by atoms with Crippen LogP contribution in [0.2, 0.25) is 0 Å². The van der Waals surface area contributed by atoms with Gasteiger partial charge in [0.05, 0.1) is 12.2 Å². The Hall–Kier alpha value is -3.52. The molecule has 217 valence electrons. The number of nitrogens with one attached hydrogen (secondary N) is 1. The van der Waals surface area contributed by atoms with Gasteiger partial charge in [0, 0.05) is 43.3 Å². The van der Waals surface area contributed by atoms with E-state index in [9.17, 15) is 9.59 Å². The lowest BCUT2D eigenvalue weighted by Gasteiger charge is -2.37. The molecule has 1 amide bonds. The molecule has 3 aromatic rings. The number of ketones is 1. The van der Waals surface area contributed by atoms with E-state index in [4.69, 9.17) is 4.74 Å². The fourth-order valence-corrected chi connectivity index (χ4v) is 5.09. The Morgan fingerprint density at radius 3 is 2.29 bits per heavy atom. The zero-order valence-electron chi connectivity index (χ0n) is 24.6. The van der Waals surface area contributed by atoms with Gasteiger partial charge in [-0.3, -0.25) is 9.69 Å². The molecule has 4 rings (SSSR count). The number of benzene rings is 3. The highest BCUT2D eigenvalue weighted by atomic mass is 16.6. The fourth-order valence-electron chi connectivity index (χ4n) is 5.09. The number of hydrogen-bond acceptors (Lipinski definition) is 6. The highest BCUT2D eigenvalue weighted by Gasteiger charge is 2.28. The third-order valence-corrected chi connectivity index (χ3v) is 7.44. The molecular formula is C34H43N4O3. The first-order chi connectivity index (χ1) is 20.0. The molecule has 41 heavy (non-hydrogen) atoms. The first-order valence-corrected chi connectivity index (χ1v) is 14.7. The lowest BCUT2D eigenvalue weighted by molar-refractivity contribution is 0.0986. The van der Waals surface area contributed by atoms with E-state index in [0.29, 0.717) is 18.2 Å². The third-order valence-electron chi connectivity index (χ3n) is 7.44. The summed E-state index contributed by atoms with van der Waals surface area (Å²) >= 11 is 0. The van der Waals surface area contributed by atoms with E-state index in [2.05, 4.69) is 42.4 Å². The summed E-state index contributed by atoms with van der Waals surface area (Å²) < 4.78 is 5.73. The second-order valence-electron chi connectivity index (χ2n) is 10.6. The predicted octanol–water partition coefficient (Wildman–Crippen LogP) is 6.21. The molecule has 0 aromatic heterocycles. The van der Waals surface area contributed by atoms with Crippen molar-refractivity contribution in [1.29, 1.82) is 0 Å². The van der Waals surface area contributed by atoms with Gasteiger partial charge < -0.3 is 10.1 Å². The van der Waals surface area contributed by atoms with E-state index in [1.807, 2.05) is 78.9 Å². The van der Waals surface area contributed by atoms with Crippen LogP contribution < -0.4 is 10.3 Å². The number of carbonyl (C=O) groups excluding carboxylic acids is 2. The second-order valence-corrected chi connectivity index (χ2v) is 10.6. The van der Waals surface area contributed by atoms with Crippen LogP contribution in [0.25, 0.3) is 11.1 Å². The number of para-hydroxylation sites is 1. The fraction of sp³-hybridized carbons (Fsp3) is 0.382. The summed E-state index contributed by atoms with van der Waals surface area (Å²) in [4.78, 5) is 28.6. The Labute approximate surface area is 245 Å². The zero-order valence-corrected chi connectivity index (χ0v) is 24.6. The first kappa shape index (κ1) is 30.4. The maximum atomic E-state index is 13.5. The van der Waals surface area contributed by atoms with Gasteiger partial charge in [-0.2, -0.15) is 0 Å². The smallest absolute Gasteiger partial charge is 0.429 e. The summed E-state index contributed by atoms with van der Waals surface area (Å²) in [7, 11) is 0. The molecule has 7 heteroatoms. The van der Waals surface area contributed by atoms with Crippen LogP contribution >= 0.6 is 0 Å². The van der Waals surface area contributed by atoms with E-state index < -0.39 is 6.09 Å². The molecule has 1 N–H and O–H groups in total. The highest BCUT2D eigenvalue weighted by molar-refractivity contribution is 5.97. The van der Waals surface area contributed by atoms with Gasteiger partial charge in [-0.05, 0) is 56.8 Å². The van der Waals surface area contributed by atoms with Crippen LogP contribution in [0.1, 0.15) is 49.5 Å². The molecule has 0 atom stereocenters. The van der Waals surface area contributed by atoms with Crippen molar-refractivity contribution in [2.75, 3.05) is 44.3 Å². The van der Waals surface area contributed by atoms with Gasteiger partial charge in [-0.1, -0.05) is 79.7 Å². The average molecular weight is 556 g/mol. The van der Waals surface area contributed by atoms with Crippen LogP contribution in [0.15, 0.2) is 78.9 Å². The quantitative estimate of drug-likeness (QED) is 0.200. The number of hydrazine groups is 1. The van der Waals surface area contributed by atoms with Gasteiger partial charge in [0.1, 0.15) is 6.61 Å². The Morgan fingerprint density at radius 1 is 0.927 bits per heavy atom. The number of nitrogens with zero attached hydrogens (tertiary/aromatic N) is 3. The molecule has 1 saturated heterocycles. The molecule has 1 heterocycles. The first-order valence-electron chi connectivity index (χ1n) is 14.7. The molecule has 0 saturated carbocycles. The van der Waals surface area contributed by atoms with Gasteiger partial charge >= 0.3 is 6.09 Å². The van der Waals surface area contributed by atoms with Gasteiger partial charge in [0.25, 0.3) is 0 Å². The van der Waals surface area contributed by atoms with Crippen LogP contribution in [0.3, 0.4) is 0 Å². The van der Waals surface area contributed by atoms with Crippen molar-refractivity contribution in [3.63, 3.8) is 0 Å². The standard InChI is InChI=1S/C34H43N4O3/c1-4-36(27(2)3)26-28-17-19-30(20-18-28)33(39)25-35-21-24-41-34(40)38(37-22-11-6-12-23-37)32-16-10-9-15-31(32)29-13-7-5-8-14-29/h5-10,13-20,27,35H,4,11-12,21-26H2,1-3H3. The molecule has 0 unspecified atom stereocenters. The molecule has 0 aliphatic carbocycles. The number of Topliss-reactive ketones (excluding diaryl/α,β-unsaturated/α-hetero) is 1. The number of hydrogen-bond donors (Lipinski definition) is 1. The zero-order chi connectivity index (χ0) is 29.0. The molecule has 1 aliphatic rings. The van der Waals surface area contributed by atoms with Crippen LogP contribution in [0.5, 0.6) is 0 Å². The van der Waals surface area contributed by atoms with E-state index >= 15 is 0 Å². The topological polar surface area (TPSA) is 65.1 Å². The van der Waals surface area contributed by atoms with E-state index in [0.717, 1.165) is 55.8 Å². The molecule has 3 aromatic carbocycles. The molecule has 7 nitrogen and oxygen atoms in total. The maximum Gasteiger partial charge on any atom is 0.429 e. The van der Waals surface area contributed by atoms with Crippen LogP contribution in [-0.2, 0) is 11.3 Å². The Balaban J connectivity index is 1.32. The molecule has 1 fully saturated rings. The van der Waals surface area contributed by atoms with Gasteiger partial charge in [0.15, 0.2) is 5.78 Å². The lowest BCUT2D eigenvalue weighted by atomic mass is 10.0.